The first kappa shape index (κ1) is 18.0. The van der Waals surface area contributed by atoms with Gasteiger partial charge in [0, 0.05) is 16.8 Å². The average molecular weight is 377 g/mol. The molecule has 5 nitrogen and oxygen atoms in total. The van der Waals surface area contributed by atoms with E-state index in [1.165, 1.54) is 0 Å². The Hall–Kier alpha value is -1.76. The molecule has 0 spiro atoms. The van der Waals surface area contributed by atoms with Crippen LogP contribution in [0.1, 0.15) is 41.3 Å². The van der Waals surface area contributed by atoms with Crippen molar-refractivity contribution >= 4 is 22.9 Å². The molecule has 0 saturated heterocycles. The zero-order valence-electron chi connectivity index (χ0n) is 14.3. The summed E-state index contributed by atoms with van der Waals surface area (Å²) in [6.07, 6.45) is 1.47. The molecule has 0 aliphatic carbocycles. The highest BCUT2D eigenvalue weighted by molar-refractivity contribution is 7.09. The minimum Gasteiger partial charge on any atom is -0.391 e. The Morgan fingerprint density at radius 2 is 2.12 bits per heavy atom. The number of aromatic nitrogens is 4. The monoisotopic (exact) mass is 376 g/mol. The smallest absolute Gasteiger partial charge is 0.155 e. The van der Waals surface area contributed by atoms with Gasteiger partial charge < -0.3 is 5.11 Å². The molecule has 0 fully saturated rings. The van der Waals surface area contributed by atoms with Gasteiger partial charge in [0.15, 0.2) is 5.82 Å². The molecule has 2 heterocycles. The second kappa shape index (κ2) is 8.08. The number of aryl methyl sites for hydroxylation is 1. The largest absolute Gasteiger partial charge is 0.391 e. The summed E-state index contributed by atoms with van der Waals surface area (Å²) >= 11 is 7.68. The maximum atomic E-state index is 10.0. The van der Waals surface area contributed by atoms with Crippen LogP contribution >= 0.6 is 22.9 Å². The van der Waals surface area contributed by atoms with E-state index in [4.69, 9.17) is 11.6 Å². The molecule has 0 aliphatic heterocycles. The molecule has 0 radical (unpaired) electrons. The van der Waals surface area contributed by atoms with Crippen molar-refractivity contribution in [2.75, 3.05) is 0 Å². The summed E-state index contributed by atoms with van der Waals surface area (Å²) in [5.74, 6) is 1.56. The van der Waals surface area contributed by atoms with Crippen LogP contribution in [0.15, 0.2) is 29.6 Å². The van der Waals surface area contributed by atoms with E-state index in [-0.39, 0.29) is 0 Å². The van der Waals surface area contributed by atoms with Crippen molar-refractivity contribution in [3.05, 3.63) is 62.6 Å². The summed E-state index contributed by atoms with van der Waals surface area (Å²) in [6.45, 7) is 4.39. The first-order valence-electron chi connectivity index (χ1n) is 8.29. The van der Waals surface area contributed by atoms with Crippen LogP contribution in [-0.2, 0) is 19.4 Å². The molecule has 0 saturated carbocycles. The number of halogens is 1. The van der Waals surface area contributed by atoms with Crippen molar-refractivity contribution < 1.29 is 5.11 Å². The first-order valence-corrected chi connectivity index (χ1v) is 9.55. The molecule has 132 valence electrons. The van der Waals surface area contributed by atoms with E-state index < -0.39 is 6.10 Å². The molecule has 3 aromatic rings. The summed E-state index contributed by atoms with van der Waals surface area (Å²) < 4.78 is 1.81. The van der Waals surface area contributed by atoms with E-state index in [2.05, 4.69) is 15.1 Å². The number of aliphatic hydroxyl groups is 1. The van der Waals surface area contributed by atoms with Gasteiger partial charge in [-0.1, -0.05) is 30.7 Å². The molecular formula is C18H21ClN4OS. The number of nitrogens with zero attached hydrogens (tertiary/aromatic N) is 4. The van der Waals surface area contributed by atoms with Gasteiger partial charge in [-0.25, -0.2) is 14.6 Å². The van der Waals surface area contributed by atoms with Crippen molar-refractivity contribution in [2.24, 2.45) is 0 Å². The lowest BCUT2D eigenvalue weighted by atomic mass is 10.1. The fourth-order valence-corrected chi connectivity index (χ4v) is 3.41. The summed E-state index contributed by atoms with van der Waals surface area (Å²) in [5.41, 5.74) is 2.05. The molecule has 1 atom stereocenters. The first-order chi connectivity index (χ1) is 12.0. The number of rotatable bonds is 7. The highest BCUT2D eigenvalue weighted by Gasteiger charge is 2.15. The second-order valence-electron chi connectivity index (χ2n) is 6.03. The van der Waals surface area contributed by atoms with Crippen molar-refractivity contribution in [1.29, 1.82) is 0 Å². The third-order valence-electron chi connectivity index (χ3n) is 3.90. The molecule has 0 amide bonds. The van der Waals surface area contributed by atoms with E-state index in [1.54, 1.807) is 11.3 Å². The summed E-state index contributed by atoms with van der Waals surface area (Å²) in [7, 11) is 0. The van der Waals surface area contributed by atoms with Crippen molar-refractivity contribution in [1.82, 2.24) is 19.7 Å². The van der Waals surface area contributed by atoms with Gasteiger partial charge in [-0.05, 0) is 31.0 Å². The van der Waals surface area contributed by atoms with Gasteiger partial charge in [-0.3, -0.25) is 0 Å². The molecule has 0 aliphatic rings. The van der Waals surface area contributed by atoms with Crippen LogP contribution in [0.3, 0.4) is 0 Å². The number of hydrogen-bond acceptors (Lipinski definition) is 5. The Bertz CT molecular complexity index is 845. The van der Waals surface area contributed by atoms with Crippen LogP contribution in [0.25, 0.3) is 0 Å². The number of hydrogen-bond donors (Lipinski definition) is 1. The van der Waals surface area contributed by atoms with Gasteiger partial charge in [0.1, 0.15) is 5.82 Å². The Balaban J connectivity index is 1.85. The zero-order valence-corrected chi connectivity index (χ0v) is 15.9. The lowest BCUT2D eigenvalue weighted by Gasteiger charge is -2.09. The molecule has 1 aromatic carbocycles. The van der Waals surface area contributed by atoms with Gasteiger partial charge in [0.25, 0.3) is 0 Å². The lowest BCUT2D eigenvalue weighted by Crippen LogP contribution is -2.18. The molecule has 1 unspecified atom stereocenters. The van der Waals surface area contributed by atoms with E-state index in [0.717, 1.165) is 27.9 Å². The molecular weight excluding hydrogens is 356 g/mol. The summed E-state index contributed by atoms with van der Waals surface area (Å²) in [5, 5.41) is 18.4. The minimum absolute atomic E-state index is 0.434. The van der Waals surface area contributed by atoms with E-state index in [9.17, 15) is 5.11 Å². The SMILES string of the molecule is CCC(O)Cn1nc(Cc2cccc(Cl)c2)nc1Cc1csc(C)n1. The van der Waals surface area contributed by atoms with Gasteiger partial charge >= 0.3 is 0 Å². The van der Waals surface area contributed by atoms with E-state index in [0.29, 0.717) is 30.8 Å². The number of benzene rings is 1. The molecule has 2 aromatic heterocycles. The molecule has 1 N–H and O–H groups in total. The van der Waals surface area contributed by atoms with Crippen LogP contribution in [-0.4, -0.2) is 31.0 Å². The topological polar surface area (TPSA) is 63.8 Å². The quantitative estimate of drug-likeness (QED) is 0.683. The maximum Gasteiger partial charge on any atom is 0.155 e. The van der Waals surface area contributed by atoms with Gasteiger partial charge in [-0.2, -0.15) is 5.10 Å². The average Bonchev–Trinajstić information content (AvgIpc) is 3.14. The molecule has 7 heteroatoms. The Kier molecular flexibility index (Phi) is 5.83. The van der Waals surface area contributed by atoms with Gasteiger partial charge in [-0.15, -0.1) is 11.3 Å². The highest BCUT2D eigenvalue weighted by Crippen LogP contribution is 2.16. The Labute approximate surface area is 156 Å². The fourth-order valence-electron chi connectivity index (χ4n) is 2.59. The van der Waals surface area contributed by atoms with Crippen LogP contribution in [0, 0.1) is 6.92 Å². The second-order valence-corrected chi connectivity index (χ2v) is 7.53. The van der Waals surface area contributed by atoms with E-state index in [1.807, 2.05) is 48.2 Å². The normalized spacial score (nSPS) is 12.5. The predicted molar refractivity (Wildman–Crippen MR) is 100 cm³/mol. The van der Waals surface area contributed by atoms with Crippen LogP contribution in [0.4, 0.5) is 0 Å². The third kappa shape index (κ3) is 4.87. The van der Waals surface area contributed by atoms with Crippen molar-refractivity contribution in [2.45, 2.75) is 45.8 Å². The molecule has 0 bridgehead atoms. The number of thiazole rings is 1. The third-order valence-corrected chi connectivity index (χ3v) is 4.96. The van der Waals surface area contributed by atoms with Crippen molar-refractivity contribution in [3.8, 4) is 0 Å². The summed E-state index contributed by atoms with van der Waals surface area (Å²) in [4.78, 5) is 9.20. The fraction of sp³-hybridized carbons (Fsp3) is 0.389. The van der Waals surface area contributed by atoms with Gasteiger partial charge in [0.05, 0.1) is 29.8 Å². The summed E-state index contributed by atoms with van der Waals surface area (Å²) in [6, 6.07) is 7.71. The van der Waals surface area contributed by atoms with Crippen LogP contribution < -0.4 is 0 Å². The van der Waals surface area contributed by atoms with Crippen molar-refractivity contribution in [3.63, 3.8) is 0 Å². The van der Waals surface area contributed by atoms with Crippen LogP contribution in [0.5, 0.6) is 0 Å². The predicted octanol–water partition coefficient (Wildman–Crippen LogP) is 3.65. The Morgan fingerprint density at radius 1 is 1.28 bits per heavy atom. The molecule has 3 rings (SSSR count). The van der Waals surface area contributed by atoms with Crippen LogP contribution in [0.2, 0.25) is 5.02 Å². The highest BCUT2D eigenvalue weighted by atomic mass is 35.5. The Morgan fingerprint density at radius 3 is 2.80 bits per heavy atom. The standard InChI is InChI=1S/C18H21ClN4OS/c1-3-16(24)10-23-18(9-15-11-25-12(2)20-15)21-17(22-23)8-13-5-4-6-14(19)7-13/h4-7,11,16,24H,3,8-10H2,1-2H3. The lowest BCUT2D eigenvalue weighted by molar-refractivity contribution is 0.144. The molecule has 25 heavy (non-hydrogen) atoms. The minimum atomic E-state index is -0.434. The zero-order chi connectivity index (χ0) is 17.8. The maximum absolute atomic E-state index is 10.0. The van der Waals surface area contributed by atoms with Gasteiger partial charge in [0.2, 0.25) is 0 Å². The number of aliphatic hydroxyl groups excluding tert-OH is 1. The van der Waals surface area contributed by atoms with E-state index >= 15 is 0 Å².